The van der Waals surface area contributed by atoms with Crippen molar-refractivity contribution in [3.05, 3.63) is 58.0 Å². The first kappa shape index (κ1) is 20.3. The molecular weight excluding hydrogens is 396 g/mol. The van der Waals surface area contributed by atoms with E-state index in [4.69, 9.17) is 16.3 Å². The van der Waals surface area contributed by atoms with E-state index < -0.39 is 0 Å². The minimum absolute atomic E-state index is 0.167. The average Bonchev–Trinajstić information content (AvgIpc) is 3.10. The monoisotopic (exact) mass is 416 g/mol. The summed E-state index contributed by atoms with van der Waals surface area (Å²) in [6.07, 6.45) is 5.08. The third-order valence-corrected chi connectivity index (χ3v) is 5.60. The molecule has 1 aromatic heterocycles. The van der Waals surface area contributed by atoms with Crippen LogP contribution in [0.1, 0.15) is 14.7 Å². The molecular formula is C20H21ClN4O2S. The second-order valence-electron chi connectivity index (χ2n) is 5.95. The van der Waals surface area contributed by atoms with Crippen LogP contribution in [0.25, 0.3) is 5.57 Å². The van der Waals surface area contributed by atoms with Gasteiger partial charge in [0.1, 0.15) is 9.88 Å². The number of para-hydroxylation sites is 2. The number of carbonyl (C=O) groups excluding carboxylic acids is 1. The number of nitrogens with zero attached hydrogens (tertiary/aromatic N) is 3. The smallest absolute Gasteiger partial charge is 0.269 e. The Bertz CT molecular complexity index is 917. The third kappa shape index (κ3) is 4.67. The summed E-state index contributed by atoms with van der Waals surface area (Å²) in [5.41, 5.74) is 2.44. The number of hydrogen-bond acceptors (Lipinski definition) is 6. The van der Waals surface area contributed by atoms with Crippen LogP contribution in [0.2, 0.25) is 5.15 Å². The van der Waals surface area contributed by atoms with Crippen LogP contribution in [-0.4, -0.2) is 50.5 Å². The number of ether oxygens (including phenoxy) is 1. The van der Waals surface area contributed by atoms with Gasteiger partial charge in [0.2, 0.25) is 0 Å². The molecule has 1 aliphatic rings. The summed E-state index contributed by atoms with van der Waals surface area (Å²) >= 11 is 7.47. The summed E-state index contributed by atoms with van der Waals surface area (Å²) < 4.78 is 5.42. The van der Waals surface area contributed by atoms with Crippen LogP contribution in [0.4, 0.5) is 11.4 Å². The van der Waals surface area contributed by atoms with E-state index in [1.807, 2.05) is 24.3 Å². The number of nitrogens with one attached hydrogen (secondary N) is 1. The van der Waals surface area contributed by atoms with Gasteiger partial charge in [-0.05, 0) is 12.1 Å². The largest absolute Gasteiger partial charge is 0.378 e. The number of anilines is 2. The maximum Gasteiger partial charge on any atom is 0.269 e. The number of amides is 1. The van der Waals surface area contributed by atoms with E-state index in [1.165, 1.54) is 11.3 Å². The Balaban J connectivity index is 1.84. The summed E-state index contributed by atoms with van der Waals surface area (Å²) in [7, 11) is 1.67. The van der Waals surface area contributed by atoms with Crippen LogP contribution >= 0.6 is 22.9 Å². The van der Waals surface area contributed by atoms with Gasteiger partial charge in [-0.25, -0.2) is 4.98 Å². The molecule has 1 aliphatic heterocycles. The van der Waals surface area contributed by atoms with Crippen LogP contribution in [0, 0.1) is 0 Å². The summed E-state index contributed by atoms with van der Waals surface area (Å²) in [5, 5.41) is 3.75. The highest BCUT2D eigenvalue weighted by Gasteiger charge is 2.21. The van der Waals surface area contributed by atoms with Crippen LogP contribution < -0.4 is 10.2 Å². The standard InChI is InChI=1S/C20H21ClN4O2S/c1-3-6-14(13-22-2)20-24-18(21)17(28-20)19(26)23-15-7-4-5-8-16(15)25-9-11-27-12-10-25/h3-8,13H,1,9-12H2,2H3,(H,23,26)/b14-6+,22-13?. The number of carbonyl (C=O) groups is 1. The summed E-state index contributed by atoms with van der Waals surface area (Å²) in [6, 6.07) is 7.71. The first-order chi connectivity index (χ1) is 13.6. The molecule has 2 heterocycles. The Morgan fingerprint density at radius 3 is 2.86 bits per heavy atom. The molecule has 1 fully saturated rings. The Morgan fingerprint density at radius 1 is 1.39 bits per heavy atom. The van der Waals surface area contributed by atoms with E-state index >= 15 is 0 Å². The summed E-state index contributed by atoms with van der Waals surface area (Å²) in [6.45, 7) is 6.60. The number of benzene rings is 1. The van der Waals surface area contributed by atoms with E-state index in [2.05, 4.69) is 26.8 Å². The lowest BCUT2D eigenvalue weighted by Crippen LogP contribution is -2.36. The lowest BCUT2D eigenvalue weighted by atomic mass is 10.2. The Morgan fingerprint density at radius 2 is 2.14 bits per heavy atom. The van der Waals surface area contributed by atoms with Crippen molar-refractivity contribution in [1.29, 1.82) is 0 Å². The molecule has 1 aromatic carbocycles. The highest BCUT2D eigenvalue weighted by atomic mass is 35.5. The minimum Gasteiger partial charge on any atom is -0.378 e. The van der Waals surface area contributed by atoms with E-state index in [0.29, 0.717) is 23.1 Å². The zero-order valence-electron chi connectivity index (χ0n) is 15.5. The highest BCUT2D eigenvalue weighted by Crippen LogP contribution is 2.31. The molecule has 1 amide bonds. The third-order valence-electron chi connectivity index (χ3n) is 4.11. The van der Waals surface area contributed by atoms with Gasteiger partial charge < -0.3 is 15.0 Å². The topological polar surface area (TPSA) is 66.8 Å². The number of allylic oxidation sites excluding steroid dienone is 3. The van der Waals surface area contributed by atoms with Crippen molar-refractivity contribution in [2.24, 2.45) is 4.99 Å². The normalized spacial score (nSPS) is 15.1. The predicted octanol–water partition coefficient (Wildman–Crippen LogP) is 4.16. The number of hydrogen-bond donors (Lipinski definition) is 1. The molecule has 0 spiro atoms. The number of aliphatic imine (C=N–C) groups is 1. The van der Waals surface area contributed by atoms with Gasteiger partial charge in [0.25, 0.3) is 5.91 Å². The van der Waals surface area contributed by atoms with E-state index in [9.17, 15) is 4.79 Å². The molecule has 0 radical (unpaired) electrons. The molecule has 6 nitrogen and oxygen atoms in total. The van der Waals surface area contributed by atoms with Crippen molar-refractivity contribution in [2.45, 2.75) is 0 Å². The van der Waals surface area contributed by atoms with Gasteiger partial charge in [0.15, 0.2) is 5.15 Å². The Hall–Kier alpha value is -2.48. The van der Waals surface area contributed by atoms with E-state index in [-0.39, 0.29) is 11.1 Å². The van der Waals surface area contributed by atoms with Crippen LogP contribution in [0.3, 0.4) is 0 Å². The summed E-state index contributed by atoms with van der Waals surface area (Å²) in [5.74, 6) is -0.291. The summed E-state index contributed by atoms with van der Waals surface area (Å²) in [4.78, 5) is 23.8. The second-order valence-corrected chi connectivity index (χ2v) is 7.31. The fourth-order valence-corrected chi connectivity index (χ4v) is 4.02. The molecule has 0 aliphatic carbocycles. The van der Waals surface area contributed by atoms with Gasteiger partial charge in [0, 0.05) is 31.9 Å². The SMILES string of the molecule is C=C/C=C(\C=NC)c1nc(Cl)c(C(=O)Nc2ccccc2N2CCOCC2)s1. The molecule has 1 saturated heterocycles. The first-order valence-corrected chi connectivity index (χ1v) is 9.98. The number of thiazole rings is 1. The molecule has 0 bridgehead atoms. The van der Waals surface area contributed by atoms with Crippen LogP contribution in [0.15, 0.2) is 48.0 Å². The van der Waals surface area contributed by atoms with Crippen molar-refractivity contribution in [3.8, 4) is 0 Å². The van der Waals surface area contributed by atoms with Gasteiger partial charge in [-0.1, -0.05) is 42.5 Å². The van der Waals surface area contributed by atoms with Gasteiger partial charge in [0.05, 0.1) is 24.6 Å². The second kappa shape index (κ2) is 9.64. The van der Waals surface area contributed by atoms with Crippen molar-refractivity contribution in [3.63, 3.8) is 0 Å². The molecule has 1 N–H and O–H groups in total. The van der Waals surface area contributed by atoms with Crippen molar-refractivity contribution in [2.75, 3.05) is 43.6 Å². The number of rotatable bonds is 6. The van der Waals surface area contributed by atoms with E-state index in [0.717, 1.165) is 30.0 Å². The van der Waals surface area contributed by atoms with E-state index in [1.54, 1.807) is 25.4 Å². The molecule has 146 valence electrons. The number of aromatic nitrogens is 1. The quantitative estimate of drug-likeness (QED) is 0.567. The van der Waals surface area contributed by atoms with Gasteiger partial charge in [-0.15, -0.1) is 11.3 Å². The molecule has 0 unspecified atom stereocenters. The Labute approximate surface area is 173 Å². The lowest BCUT2D eigenvalue weighted by Gasteiger charge is -2.30. The molecule has 8 heteroatoms. The van der Waals surface area contributed by atoms with Crippen molar-refractivity contribution in [1.82, 2.24) is 4.98 Å². The first-order valence-electron chi connectivity index (χ1n) is 8.78. The maximum absolute atomic E-state index is 12.9. The zero-order valence-corrected chi connectivity index (χ0v) is 17.1. The van der Waals surface area contributed by atoms with Crippen LogP contribution in [0.5, 0.6) is 0 Å². The fourth-order valence-electron chi connectivity index (χ4n) is 2.84. The maximum atomic E-state index is 12.9. The van der Waals surface area contributed by atoms with Crippen molar-refractivity contribution < 1.29 is 9.53 Å². The zero-order chi connectivity index (χ0) is 19.9. The van der Waals surface area contributed by atoms with Gasteiger partial charge >= 0.3 is 0 Å². The predicted molar refractivity (Wildman–Crippen MR) is 117 cm³/mol. The Kier molecular flexibility index (Phi) is 6.97. The van der Waals surface area contributed by atoms with Gasteiger partial charge in [-0.3, -0.25) is 9.79 Å². The average molecular weight is 417 g/mol. The molecule has 28 heavy (non-hydrogen) atoms. The minimum atomic E-state index is -0.291. The molecule has 3 rings (SSSR count). The highest BCUT2D eigenvalue weighted by molar-refractivity contribution is 7.15. The molecule has 2 aromatic rings. The van der Waals surface area contributed by atoms with Gasteiger partial charge in [-0.2, -0.15) is 0 Å². The molecule has 0 atom stereocenters. The number of morpholine rings is 1. The lowest BCUT2D eigenvalue weighted by molar-refractivity contribution is 0.103. The van der Waals surface area contributed by atoms with Crippen LogP contribution in [-0.2, 0) is 4.74 Å². The number of halogens is 1. The van der Waals surface area contributed by atoms with Crippen molar-refractivity contribution >= 4 is 52.0 Å². The fraction of sp³-hybridized carbons (Fsp3) is 0.250. The molecule has 0 saturated carbocycles.